The predicted molar refractivity (Wildman–Crippen MR) is 172 cm³/mol. The summed E-state index contributed by atoms with van der Waals surface area (Å²) in [5.74, 6) is 1.22. The standard InChI is InChI=1S/C36H38N4O8/c1-17-10-21-12-24-26(14-37)40-25(31(39(24)4)29(21)32(44)33(17)45-5)13-23-30(36-35(46-16-47-36)18(2)34(23)48-19(3)41)27(40)15-38-28(43)11-20-6-8-22(42)9-7-20/h6-10,24-27,31,42,44H,11-13,15-16H2,1-5H3,(H,38,43)/t24?,25?,26?,27-,31?/m0/s1. The van der Waals surface area contributed by atoms with Crippen LogP contribution in [-0.4, -0.2) is 77.5 Å². The van der Waals surface area contributed by atoms with E-state index in [1.54, 1.807) is 12.1 Å². The number of hydrogen-bond donors (Lipinski definition) is 3. The number of nitrogens with zero attached hydrogens (tertiary/aromatic N) is 3. The van der Waals surface area contributed by atoms with Crippen LogP contribution >= 0.6 is 0 Å². The van der Waals surface area contributed by atoms with Crippen LogP contribution in [0.1, 0.15) is 58.0 Å². The minimum absolute atomic E-state index is 0.0223. The van der Waals surface area contributed by atoms with E-state index in [1.807, 2.05) is 27.0 Å². The Balaban J connectivity index is 1.39. The molecule has 12 heteroatoms. The molecule has 4 aliphatic heterocycles. The number of ether oxygens (including phenoxy) is 4. The number of nitriles is 1. The van der Waals surface area contributed by atoms with Crippen LogP contribution in [0.2, 0.25) is 0 Å². The number of hydrogen-bond acceptors (Lipinski definition) is 11. The van der Waals surface area contributed by atoms with E-state index in [-0.39, 0.29) is 55.3 Å². The van der Waals surface area contributed by atoms with Crippen molar-refractivity contribution in [2.24, 2.45) is 0 Å². The van der Waals surface area contributed by atoms with Gasteiger partial charge in [-0.3, -0.25) is 19.4 Å². The van der Waals surface area contributed by atoms with Gasteiger partial charge in [-0.2, -0.15) is 5.26 Å². The van der Waals surface area contributed by atoms with Crippen molar-refractivity contribution in [1.29, 1.82) is 5.26 Å². The molecule has 2 bridgehead atoms. The molecule has 1 amide bonds. The second-order valence-corrected chi connectivity index (χ2v) is 13.0. The molecule has 4 unspecified atom stereocenters. The molecule has 5 atom stereocenters. The molecule has 1 fully saturated rings. The molecule has 0 aliphatic carbocycles. The highest BCUT2D eigenvalue weighted by Gasteiger charge is 2.56. The summed E-state index contributed by atoms with van der Waals surface area (Å²) in [4.78, 5) is 30.2. The Morgan fingerprint density at radius 2 is 1.79 bits per heavy atom. The summed E-state index contributed by atoms with van der Waals surface area (Å²) in [6.45, 7) is 5.16. The van der Waals surface area contributed by atoms with Gasteiger partial charge in [0.15, 0.2) is 23.0 Å². The lowest BCUT2D eigenvalue weighted by molar-refractivity contribution is -0.132. The number of likely N-dealkylation sites (N-methyl/N-ethyl adjacent to an activating group) is 1. The van der Waals surface area contributed by atoms with Gasteiger partial charge in [0.2, 0.25) is 12.7 Å². The third-order valence-corrected chi connectivity index (χ3v) is 10.3. The molecular formula is C36H38N4O8. The van der Waals surface area contributed by atoms with Crippen LogP contribution in [0, 0.1) is 25.2 Å². The minimum Gasteiger partial charge on any atom is -0.508 e. The average molecular weight is 655 g/mol. The second kappa shape index (κ2) is 11.9. The lowest BCUT2D eigenvalue weighted by atomic mass is 9.71. The molecule has 12 nitrogen and oxygen atoms in total. The zero-order valence-corrected chi connectivity index (χ0v) is 27.5. The molecule has 0 saturated carbocycles. The first-order chi connectivity index (χ1) is 23.0. The number of esters is 1. The van der Waals surface area contributed by atoms with Crippen LogP contribution < -0.4 is 24.3 Å². The molecule has 0 aromatic heterocycles. The number of piperazine rings is 1. The van der Waals surface area contributed by atoms with Gasteiger partial charge in [-0.05, 0) is 62.6 Å². The summed E-state index contributed by atoms with van der Waals surface area (Å²) in [6, 6.07) is 8.95. The Bertz CT molecular complexity index is 1870. The number of rotatable bonds is 6. The molecule has 3 aromatic carbocycles. The zero-order chi connectivity index (χ0) is 34.0. The van der Waals surface area contributed by atoms with Crippen LogP contribution in [0.4, 0.5) is 0 Å². The highest BCUT2D eigenvalue weighted by Crippen LogP contribution is 2.58. The SMILES string of the molecule is COc1c(C)cc2c(c1O)C1C3Cc4c(OC(C)=O)c(C)c5c(c4[C@H](CNC(=O)Cc4ccc(O)cc4)N3C(C#N)C(C2)N1C)OCO5. The number of nitrogens with one attached hydrogen (secondary N) is 1. The molecule has 48 heavy (non-hydrogen) atoms. The first kappa shape index (κ1) is 31.6. The van der Waals surface area contributed by atoms with Gasteiger partial charge in [0.05, 0.1) is 31.7 Å². The topological polar surface area (TPSA) is 154 Å². The molecule has 0 spiro atoms. The average Bonchev–Trinajstić information content (AvgIpc) is 3.54. The molecule has 0 radical (unpaired) electrons. The fourth-order valence-corrected chi connectivity index (χ4v) is 8.38. The lowest BCUT2D eigenvalue weighted by Gasteiger charge is -2.60. The van der Waals surface area contributed by atoms with Crippen LogP contribution in [0.15, 0.2) is 30.3 Å². The van der Waals surface area contributed by atoms with Crippen LogP contribution in [0.5, 0.6) is 34.5 Å². The van der Waals surface area contributed by atoms with E-state index in [9.17, 15) is 25.1 Å². The van der Waals surface area contributed by atoms with E-state index in [0.29, 0.717) is 47.0 Å². The Morgan fingerprint density at radius 3 is 2.48 bits per heavy atom. The van der Waals surface area contributed by atoms with E-state index < -0.39 is 18.1 Å². The van der Waals surface area contributed by atoms with E-state index in [1.165, 1.54) is 26.2 Å². The van der Waals surface area contributed by atoms with Crippen molar-refractivity contribution in [1.82, 2.24) is 15.1 Å². The first-order valence-electron chi connectivity index (χ1n) is 16.0. The summed E-state index contributed by atoms with van der Waals surface area (Å²) in [6.07, 6.45) is 0.977. The van der Waals surface area contributed by atoms with Crippen molar-refractivity contribution < 1.29 is 38.7 Å². The van der Waals surface area contributed by atoms with Crippen LogP contribution in [-0.2, 0) is 28.9 Å². The second-order valence-electron chi connectivity index (χ2n) is 13.0. The normalized spacial score (nSPS) is 23.7. The number of benzene rings is 3. The van der Waals surface area contributed by atoms with Gasteiger partial charge in [-0.25, -0.2) is 0 Å². The lowest BCUT2D eigenvalue weighted by Crippen LogP contribution is -2.68. The van der Waals surface area contributed by atoms with Crippen molar-refractivity contribution in [3.8, 4) is 40.6 Å². The summed E-state index contributed by atoms with van der Waals surface area (Å²) in [5, 5.41) is 35.3. The number of fused-ring (bicyclic) bond motifs is 9. The van der Waals surface area contributed by atoms with Gasteiger partial charge in [0.25, 0.3) is 0 Å². The van der Waals surface area contributed by atoms with E-state index in [4.69, 9.17) is 18.9 Å². The molecule has 7 rings (SSSR count). The van der Waals surface area contributed by atoms with Gasteiger partial charge in [-0.15, -0.1) is 0 Å². The fourth-order valence-electron chi connectivity index (χ4n) is 8.38. The maximum atomic E-state index is 13.4. The Morgan fingerprint density at radius 1 is 1.06 bits per heavy atom. The number of phenolic OH excluding ortho intramolecular Hbond substituents is 2. The summed E-state index contributed by atoms with van der Waals surface area (Å²) >= 11 is 0. The Kier molecular flexibility index (Phi) is 7.84. The predicted octanol–water partition coefficient (Wildman–Crippen LogP) is 3.51. The zero-order valence-electron chi connectivity index (χ0n) is 27.5. The van der Waals surface area contributed by atoms with Gasteiger partial charge < -0.3 is 34.5 Å². The highest BCUT2D eigenvalue weighted by molar-refractivity contribution is 5.79. The quantitative estimate of drug-likeness (QED) is 0.264. The Hall–Kier alpha value is -4.99. The minimum atomic E-state index is -0.599. The van der Waals surface area contributed by atoms with Gasteiger partial charge >= 0.3 is 5.97 Å². The number of carbonyl (C=O) groups is 2. The maximum absolute atomic E-state index is 13.4. The highest BCUT2D eigenvalue weighted by atomic mass is 16.7. The van der Waals surface area contributed by atoms with Gasteiger partial charge in [0, 0.05) is 47.8 Å². The van der Waals surface area contributed by atoms with Gasteiger partial charge in [-0.1, -0.05) is 18.2 Å². The monoisotopic (exact) mass is 654 g/mol. The molecule has 4 aliphatic rings. The van der Waals surface area contributed by atoms with Crippen LogP contribution in [0.3, 0.4) is 0 Å². The third-order valence-electron chi connectivity index (χ3n) is 10.3. The van der Waals surface area contributed by atoms with Crippen molar-refractivity contribution in [2.75, 3.05) is 27.5 Å². The number of aromatic hydroxyl groups is 2. The van der Waals surface area contributed by atoms with E-state index in [0.717, 1.165) is 27.8 Å². The molecule has 250 valence electrons. The molecule has 4 heterocycles. The largest absolute Gasteiger partial charge is 0.508 e. The maximum Gasteiger partial charge on any atom is 0.308 e. The number of methoxy groups -OCH3 is 1. The third kappa shape index (κ3) is 4.88. The van der Waals surface area contributed by atoms with Crippen molar-refractivity contribution in [3.63, 3.8) is 0 Å². The number of amides is 1. The summed E-state index contributed by atoms with van der Waals surface area (Å²) < 4.78 is 23.5. The number of phenols is 2. The summed E-state index contributed by atoms with van der Waals surface area (Å²) in [7, 11) is 3.51. The number of carbonyl (C=O) groups excluding carboxylic acids is 2. The van der Waals surface area contributed by atoms with Crippen molar-refractivity contribution in [2.45, 2.75) is 70.2 Å². The first-order valence-corrected chi connectivity index (χ1v) is 16.0. The smallest absolute Gasteiger partial charge is 0.308 e. The van der Waals surface area contributed by atoms with Crippen molar-refractivity contribution >= 4 is 11.9 Å². The van der Waals surface area contributed by atoms with Gasteiger partial charge in [0.1, 0.15) is 17.5 Å². The molecular weight excluding hydrogens is 616 g/mol. The van der Waals surface area contributed by atoms with E-state index >= 15 is 0 Å². The van der Waals surface area contributed by atoms with Crippen molar-refractivity contribution in [3.05, 3.63) is 69.3 Å². The fraction of sp³-hybridized carbons (Fsp3) is 0.417. The summed E-state index contributed by atoms with van der Waals surface area (Å²) in [5.41, 5.74) is 5.32. The Labute approximate surface area is 278 Å². The molecule has 3 aromatic rings. The molecule has 1 saturated heterocycles. The van der Waals surface area contributed by atoms with E-state index in [2.05, 4.69) is 21.2 Å². The number of aryl methyl sites for hydroxylation is 1. The van der Waals surface area contributed by atoms with Crippen LogP contribution in [0.25, 0.3) is 0 Å². The molecule has 3 N–H and O–H groups in total.